The number of carbonyl (C=O) groups excluding carboxylic acids is 4. The van der Waals surface area contributed by atoms with Crippen LogP contribution in [0.25, 0.3) is 6.08 Å². The van der Waals surface area contributed by atoms with Gasteiger partial charge in [-0.2, -0.15) is 0 Å². The van der Waals surface area contributed by atoms with Gasteiger partial charge >= 0.3 is 17.9 Å². The molecule has 3 N–H and O–H groups in total. The number of carbonyl (C=O) groups is 4. The molecule has 0 amide bonds. The molecule has 3 heterocycles. The molecule has 0 aliphatic carbocycles. The number of ketones is 1. The summed E-state index contributed by atoms with van der Waals surface area (Å²) >= 11 is 0. The van der Waals surface area contributed by atoms with Crippen molar-refractivity contribution in [3.8, 4) is 0 Å². The van der Waals surface area contributed by atoms with Gasteiger partial charge in [-0.3, -0.25) is 9.59 Å². The van der Waals surface area contributed by atoms with Gasteiger partial charge < -0.3 is 48.5 Å². The highest BCUT2D eigenvalue weighted by atomic mass is 16.8. The van der Waals surface area contributed by atoms with Crippen molar-refractivity contribution in [3.63, 3.8) is 0 Å². The van der Waals surface area contributed by atoms with Crippen LogP contribution in [0.15, 0.2) is 48.1 Å². The summed E-state index contributed by atoms with van der Waals surface area (Å²) in [5, 5.41) is 33.9. The van der Waals surface area contributed by atoms with E-state index in [9.17, 15) is 34.5 Å². The van der Waals surface area contributed by atoms with E-state index in [-0.39, 0.29) is 30.3 Å². The normalized spacial score (nSPS) is 34.0. The Labute approximate surface area is 316 Å². The lowest BCUT2D eigenvalue weighted by molar-refractivity contribution is -0.369. The van der Waals surface area contributed by atoms with Crippen LogP contribution >= 0.6 is 0 Å². The highest BCUT2D eigenvalue weighted by molar-refractivity contribution is 5.88. The fraction of sp³-hybridized carbons (Fsp3) is 0.650. The second kappa shape index (κ2) is 21.6. The lowest BCUT2D eigenvalue weighted by Gasteiger charge is -2.47. The molecule has 0 aromatic heterocycles. The maximum Gasteiger partial charge on any atom is 0.333 e. The standard InChI is InChI=1S/C40H56O14/c1-5-14-28-18-13-8-7-12-17-27(41)20-22-30(42)48-23-29-35(52-31(43)21-19-26-15-10-9-11-16-26)36(53-38(47)24(3)6-2)34(46)39(51-29)54-37-33(45)32(44)25(4)49-40(37)50-28/h6,9-11,15-16,19,21,25,28-29,32-37,39-40,44-46H,5,7-8,12-14,17-18,20,22-23H2,1-4H3/t25-,28+,29-,32+,33+,34-,35-,36-,37-,39+,40+/m1/s1. The van der Waals surface area contributed by atoms with Crippen molar-refractivity contribution < 1.29 is 67.7 Å². The van der Waals surface area contributed by atoms with Crippen LogP contribution in [0.2, 0.25) is 0 Å². The van der Waals surface area contributed by atoms with E-state index in [4.69, 9.17) is 33.2 Å². The first-order chi connectivity index (χ1) is 25.9. The molecule has 14 nitrogen and oxygen atoms in total. The molecule has 3 aliphatic heterocycles. The molecule has 0 unspecified atom stereocenters. The average Bonchev–Trinajstić information content (AvgIpc) is 3.16. The first-order valence-electron chi connectivity index (χ1n) is 19.0. The van der Waals surface area contributed by atoms with E-state index in [0.717, 1.165) is 31.8 Å². The number of ether oxygens (including phenoxy) is 7. The minimum Gasteiger partial charge on any atom is -0.463 e. The minimum absolute atomic E-state index is 0.0194. The predicted octanol–water partition coefficient (Wildman–Crippen LogP) is 3.86. The largest absolute Gasteiger partial charge is 0.463 e. The summed E-state index contributed by atoms with van der Waals surface area (Å²) in [6.07, 6.45) is -5.30. The van der Waals surface area contributed by atoms with E-state index < -0.39 is 85.9 Å². The summed E-state index contributed by atoms with van der Waals surface area (Å²) in [6.45, 7) is 6.16. The van der Waals surface area contributed by atoms with Gasteiger partial charge in [0.1, 0.15) is 42.9 Å². The number of hydrogen-bond donors (Lipinski definition) is 3. The van der Waals surface area contributed by atoms with Crippen LogP contribution in [0.4, 0.5) is 0 Å². The first kappa shape index (κ1) is 43.2. The molecule has 0 saturated carbocycles. The number of allylic oxidation sites excluding steroid dienone is 1. The van der Waals surface area contributed by atoms with Crippen LogP contribution in [-0.4, -0.2) is 113 Å². The summed E-state index contributed by atoms with van der Waals surface area (Å²) in [4.78, 5) is 51.8. The number of benzene rings is 1. The van der Waals surface area contributed by atoms with Crippen LogP contribution in [-0.2, 0) is 52.3 Å². The third-order valence-corrected chi connectivity index (χ3v) is 9.84. The fourth-order valence-corrected chi connectivity index (χ4v) is 6.52. The zero-order valence-corrected chi connectivity index (χ0v) is 31.6. The zero-order valence-electron chi connectivity index (χ0n) is 31.6. The first-order valence-corrected chi connectivity index (χ1v) is 19.0. The fourth-order valence-electron chi connectivity index (χ4n) is 6.52. The number of cyclic esters (lactones) is 1. The third kappa shape index (κ3) is 12.5. The van der Waals surface area contributed by atoms with E-state index in [0.29, 0.717) is 31.2 Å². The molecule has 3 fully saturated rings. The monoisotopic (exact) mass is 760 g/mol. The molecule has 1 aromatic rings. The van der Waals surface area contributed by atoms with Gasteiger partial charge in [0.25, 0.3) is 0 Å². The Bertz CT molecular complexity index is 1430. The highest BCUT2D eigenvalue weighted by Gasteiger charge is 2.54. The van der Waals surface area contributed by atoms with E-state index in [1.165, 1.54) is 19.1 Å². The van der Waals surface area contributed by atoms with Crippen molar-refractivity contribution >= 4 is 29.8 Å². The smallest absolute Gasteiger partial charge is 0.333 e. The van der Waals surface area contributed by atoms with Gasteiger partial charge in [0.15, 0.2) is 24.8 Å². The zero-order chi connectivity index (χ0) is 39.2. The van der Waals surface area contributed by atoms with Crippen molar-refractivity contribution in [3.05, 3.63) is 53.6 Å². The Balaban J connectivity index is 1.70. The van der Waals surface area contributed by atoms with Gasteiger partial charge in [0, 0.05) is 24.5 Å². The molecular weight excluding hydrogens is 704 g/mol. The summed E-state index contributed by atoms with van der Waals surface area (Å²) in [7, 11) is 0. The van der Waals surface area contributed by atoms with E-state index in [2.05, 4.69) is 0 Å². The van der Waals surface area contributed by atoms with Crippen LogP contribution in [0.1, 0.15) is 97.5 Å². The van der Waals surface area contributed by atoms with Crippen molar-refractivity contribution in [2.45, 2.75) is 159 Å². The Morgan fingerprint density at radius 3 is 2.31 bits per heavy atom. The third-order valence-electron chi connectivity index (χ3n) is 9.84. The van der Waals surface area contributed by atoms with E-state index in [1.807, 2.05) is 13.0 Å². The van der Waals surface area contributed by atoms with Crippen molar-refractivity contribution in [1.29, 1.82) is 0 Å². The van der Waals surface area contributed by atoms with Gasteiger partial charge in [-0.25, -0.2) is 9.59 Å². The number of aliphatic hydroxyl groups is 3. The van der Waals surface area contributed by atoms with Gasteiger partial charge in [-0.05, 0) is 51.7 Å². The SMILES string of the molecule is CC=C(C)C(=O)O[C@@H]1[C@@H](O)[C@@H]2O[C@H]3[C@H](O[C@@H](CCC)CCCCCCC(=O)CCC(=O)OC[C@@H](O2)[C@H]1OC(=O)C=Cc1ccccc1)O[C@H](C)[C@H](O)[C@@H]3O. The molecule has 3 saturated heterocycles. The molecular formula is C40H56O14. The minimum atomic E-state index is -1.84. The molecule has 0 spiro atoms. The van der Waals surface area contributed by atoms with Crippen LogP contribution in [0, 0.1) is 0 Å². The van der Waals surface area contributed by atoms with E-state index in [1.54, 1.807) is 38.1 Å². The maximum absolute atomic E-state index is 13.2. The molecule has 2 bridgehead atoms. The summed E-state index contributed by atoms with van der Waals surface area (Å²) in [6, 6.07) is 8.93. The van der Waals surface area contributed by atoms with Crippen molar-refractivity contribution in [2.24, 2.45) is 0 Å². The quantitative estimate of drug-likeness (QED) is 0.206. The Morgan fingerprint density at radius 1 is 0.852 bits per heavy atom. The number of esters is 3. The average molecular weight is 761 g/mol. The molecule has 54 heavy (non-hydrogen) atoms. The Hall–Kier alpha value is -3.50. The summed E-state index contributed by atoms with van der Waals surface area (Å²) < 4.78 is 41.8. The number of aliphatic hydroxyl groups excluding tert-OH is 3. The Kier molecular flexibility index (Phi) is 17.3. The molecule has 1 aromatic carbocycles. The Morgan fingerprint density at radius 2 is 1.59 bits per heavy atom. The molecule has 0 radical (unpaired) electrons. The number of rotatable bonds is 7. The lowest BCUT2D eigenvalue weighted by Crippen LogP contribution is -2.65. The number of Topliss-reactive ketones (excluding diaryl/α,β-unsaturated/α-hetero) is 1. The van der Waals surface area contributed by atoms with Gasteiger partial charge in [-0.15, -0.1) is 0 Å². The molecule has 4 rings (SSSR count). The van der Waals surface area contributed by atoms with Crippen LogP contribution < -0.4 is 0 Å². The molecule has 300 valence electrons. The van der Waals surface area contributed by atoms with E-state index >= 15 is 0 Å². The van der Waals surface area contributed by atoms with Gasteiger partial charge in [-0.1, -0.05) is 69.0 Å². The lowest BCUT2D eigenvalue weighted by atomic mass is 9.96. The highest BCUT2D eigenvalue weighted by Crippen LogP contribution is 2.33. The number of hydrogen-bond acceptors (Lipinski definition) is 14. The summed E-state index contributed by atoms with van der Waals surface area (Å²) in [5.74, 6) is -2.51. The molecule has 11 atom stereocenters. The topological polar surface area (TPSA) is 194 Å². The number of fused-ring (bicyclic) bond motifs is 3. The predicted molar refractivity (Wildman–Crippen MR) is 193 cm³/mol. The molecule has 3 aliphatic rings. The van der Waals surface area contributed by atoms with Gasteiger partial charge in [0.05, 0.1) is 18.6 Å². The second-order valence-electron chi connectivity index (χ2n) is 14.0. The van der Waals surface area contributed by atoms with Crippen LogP contribution in [0.3, 0.4) is 0 Å². The summed E-state index contributed by atoms with van der Waals surface area (Å²) in [5.41, 5.74) is 0.882. The second-order valence-corrected chi connectivity index (χ2v) is 14.0. The van der Waals surface area contributed by atoms with Crippen molar-refractivity contribution in [1.82, 2.24) is 0 Å². The molecule has 14 heteroatoms. The van der Waals surface area contributed by atoms with Gasteiger partial charge in [0.2, 0.25) is 0 Å². The van der Waals surface area contributed by atoms with Crippen LogP contribution in [0.5, 0.6) is 0 Å². The maximum atomic E-state index is 13.2. The van der Waals surface area contributed by atoms with Crippen molar-refractivity contribution in [2.75, 3.05) is 6.61 Å².